The summed E-state index contributed by atoms with van der Waals surface area (Å²) in [7, 11) is 0. The fraction of sp³-hybridized carbons (Fsp3) is 0.550. The molecule has 0 radical (unpaired) electrons. The molecule has 1 fully saturated rings. The summed E-state index contributed by atoms with van der Waals surface area (Å²) in [5, 5.41) is 6.13. The van der Waals surface area contributed by atoms with Gasteiger partial charge in [-0.25, -0.2) is 4.99 Å². The monoisotopic (exact) mass is 473 g/mol. The SMILES string of the molecule is NCC1CCC(CC2(N)NC(=NCc3ccccc3C(F)(F)F)NC=C2Br)CC1. The Hall–Kier alpha value is -1.58. The molecule has 2 aliphatic rings. The zero-order valence-electron chi connectivity index (χ0n) is 16.1. The first kappa shape index (κ1) is 22.1. The number of guanidine groups is 1. The Morgan fingerprint density at radius 2 is 1.79 bits per heavy atom. The second-order valence-electron chi connectivity index (χ2n) is 7.88. The number of hydrogen-bond acceptors (Lipinski definition) is 3. The number of nitrogens with zero attached hydrogens (tertiary/aromatic N) is 1. The van der Waals surface area contributed by atoms with Crippen molar-refractivity contribution < 1.29 is 13.2 Å². The molecule has 1 aliphatic heterocycles. The van der Waals surface area contributed by atoms with Crippen LogP contribution in [0.5, 0.6) is 0 Å². The van der Waals surface area contributed by atoms with Gasteiger partial charge in [0.1, 0.15) is 5.66 Å². The Balaban J connectivity index is 1.69. The van der Waals surface area contributed by atoms with Gasteiger partial charge < -0.3 is 22.1 Å². The first-order valence-corrected chi connectivity index (χ1v) is 10.6. The summed E-state index contributed by atoms with van der Waals surface area (Å²) in [5.74, 6) is 1.41. The van der Waals surface area contributed by atoms with Crippen molar-refractivity contribution in [1.29, 1.82) is 0 Å². The van der Waals surface area contributed by atoms with Gasteiger partial charge in [-0.1, -0.05) is 18.2 Å². The van der Waals surface area contributed by atoms with Crippen molar-refractivity contribution in [3.8, 4) is 0 Å². The lowest BCUT2D eigenvalue weighted by atomic mass is 9.78. The molecule has 1 atom stereocenters. The van der Waals surface area contributed by atoms with Crippen LogP contribution in [0.4, 0.5) is 13.2 Å². The summed E-state index contributed by atoms with van der Waals surface area (Å²) < 4.78 is 40.3. The van der Waals surface area contributed by atoms with Gasteiger partial charge in [-0.05, 0) is 78.0 Å². The van der Waals surface area contributed by atoms with E-state index in [1.807, 2.05) is 0 Å². The lowest BCUT2D eigenvalue weighted by Crippen LogP contribution is -2.62. The molecule has 160 valence electrons. The van der Waals surface area contributed by atoms with Gasteiger partial charge in [0.2, 0.25) is 0 Å². The topological polar surface area (TPSA) is 88.5 Å². The lowest BCUT2D eigenvalue weighted by molar-refractivity contribution is -0.138. The largest absolute Gasteiger partial charge is 0.416 e. The number of alkyl halides is 3. The molecule has 6 N–H and O–H groups in total. The molecule has 29 heavy (non-hydrogen) atoms. The van der Waals surface area contributed by atoms with Crippen molar-refractivity contribution in [2.24, 2.45) is 28.3 Å². The molecule has 3 rings (SSSR count). The standard InChI is InChI=1S/C20H27BrF3N5/c21-17-12-28-18(27-11-15-3-1-2-4-16(15)20(22,23)24)29-19(17,26)9-13-5-7-14(10-25)8-6-13/h1-4,12-14H,5-11,25-26H2,(H2,27,28,29). The van der Waals surface area contributed by atoms with Crippen molar-refractivity contribution in [3.63, 3.8) is 0 Å². The number of hydrogen-bond donors (Lipinski definition) is 4. The third-order valence-electron chi connectivity index (χ3n) is 5.74. The Bertz CT molecular complexity index is 772. The second kappa shape index (κ2) is 9.06. The van der Waals surface area contributed by atoms with Crippen LogP contribution in [0, 0.1) is 11.8 Å². The summed E-state index contributed by atoms with van der Waals surface area (Å²) in [6.45, 7) is 0.622. The normalized spacial score (nSPS) is 29.2. The Morgan fingerprint density at radius 3 is 2.45 bits per heavy atom. The van der Waals surface area contributed by atoms with Gasteiger partial charge in [-0.2, -0.15) is 13.2 Å². The highest BCUT2D eigenvalue weighted by molar-refractivity contribution is 9.11. The van der Waals surface area contributed by atoms with Crippen LogP contribution in [-0.4, -0.2) is 18.2 Å². The van der Waals surface area contributed by atoms with E-state index in [2.05, 4.69) is 31.6 Å². The molecular weight excluding hydrogens is 447 g/mol. The summed E-state index contributed by atoms with van der Waals surface area (Å²) in [6.07, 6.45) is 2.35. The predicted molar refractivity (Wildman–Crippen MR) is 112 cm³/mol. The smallest absolute Gasteiger partial charge is 0.334 e. The summed E-state index contributed by atoms with van der Waals surface area (Å²) in [4.78, 5) is 4.31. The maximum absolute atomic E-state index is 13.2. The van der Waals surface area contributed by atoms with Crippen LogP contribution in [0.25, 0.3) is 0 Å². The zero-order valence-corrected chi connectivity index (χ0v) is 17.7. The van der Waals surface area contributed by atoms with Crippen molar-refractivity contribution in [2.75, 3.05) is 6.54 Å². The number of aliphatic imine (C=N–C) groups is 1. The van der Waals surface area contributed by atoms with E-state index in [1.165, 1.54) is 12.1 Å². The van der Waals surface area contributed by atoms with Crippen LogP contribution in [-0.2, 0) is 12.7 Å². The predicted octanol–water partition coefficient (Wildman–Crippen LogP) is 3.80. The van der Waals surface area contributed by atoms with Crippen molar-refractivity contribution >= 4 is 21.9 Å². The van der Waals surface area contributed by atoms with E-state index in [0.717, 1.165) is 42.8 Å². The molecule has 0 aromatic heterocycles. The molecular formula is C20H27BrF3N5. The van der Waals surface area contributed by atoms with Crippen LogP contribution < -0.4 is 22.1 Å². The maximum Gasteiger partial charge on any atom is 0.416 e. The third-order valence-corrected chi connectivity index (χ3v) is 6.68. The average molecular weight is 474 g/mol. The quantitative estimate of drug-likeness (QED) is 0.523. The number of rotatable bonds is 5. The molecule has 1 aromatic carbocycles. The molecule has 1 saturated carbocycles. The number of benzene rings is 1. The molecule has 0 bridgehead atoms. The van der Waals surface area contributed by atoms with Crippen LogP contribution in [0.3, 0.4) is 0 Å². The molecule has 0 amide bonds. The first-order valence-electron chi connectivity index (χ1n) is 9.80. The molecule has 1 aromatic rings. The van der Waals surface area contributed by atoms with Gasteiger partial charge in [-0.15, -0.1) is 0 Å². The van der Waals surface area contributed by atoms with E-state index in [0.29, 0.717) is 24.2 Å². The maximum atomic E-state index is 13.2. The van der Waals surface area contributed by atoms with E-state index < -0.39 is 17.4 Å². The minimum Gasteiger partial charge on any atom is -0.334 e. The van der Waals surface area contributed by atoms with Crippen molar-refractivity contribution in [2.45, 2.75) is 50.5 Å². The van der Waals surface area contributed by atoms with E-state index in [9.17, 15) is 13.2 Å². The van der Waals surface area contributed by atoms with E-state index in [-0.39, 0.29) is 12.1 Å². The van der Waals surface area contributed by atoms with Crippen LogP contribution in [0.2, 0.25) is 0 Å². The van der Waals surface area contributed by atoms with Crippen molar-refractivity contribution in [1.82, 2.24) is 10.6 Å². The molecule has 0 spiro atoms. The minimum absolute atomic E-state index is 0.103. The van der Waals surface area contributed by atoms with Crippen LogP contribution in [0.1, 0.15) is 43.2 Å². The summed E-state index contributed by atoms with van der Waals surface area (Å²) in [5.41, 5.74) is 11.0. The van der Waals surface area contributed by atoms with Gasteiger partial charge in [0.05, 0.1) is 16.6 Å². The van der Waals surface area contributed by atoms with Gasteiger partial charge in [0.25, 0.3) is 0 Å². The van der Waals surface area contributed by atoms with Gasteiger partial charge >= 0.3 is 6.18 Å². The Kier molecular flexibility index (Phi) is 6.90. The van der Waals surface area contributed by atoms with Crippen molar-refractivity contribution in [3.05, 3.63) is 46.1 Å². The lowest BCUT2D eigenvalue weighted by Gasteiger charge is -2.39. The van der Waals surface area contributed by atoms with Gasteiger partial charge in [0.15, 0.2) is 5.96 Å². The van der Waals surface area contributed by atoms with E-state index in [1.54, 1.807) is 12.3 Å². The molecule has 1 unspecified atom stereocenters. The summed E-state index contributed by atoms with van der Waals surface area (Å²) in [6, 6.07) is 5.46. The van der Waals surface area contributed by atoms with Gasteiger partial charge in [-0.3, -0.25) is 0 Å². The third kappa shape index (κ3) is 5.52. The number of nitrogens with two attached hydrogens (primary N) is 2. The molecule has 9 heteroatoms. The highest BCUT2D eigenvalue weighted by Crippen LogP contribution is 2.36. The second-order valence-corrected chi connectivity index (χ2v) is 8.73. The first-order chi connectivity index (χ1) is 13.7. The molecule has 0 saturated heterocycles. The molecule has 1 heterocycles. The number of nitrogens with one attached hydrogen (secondary N) is 2. The average Bonchev–Trinajstić information content (AvgIpc) is 2.69. The Morgan fingerprint density at radius 1 is 1.14 bits per heavy atom. The highest BCUT2D eigenvalue weighted by atomic mass is 79.9. The highest BCUT2D eigenvalue weighted by Gasteiger charge is 2.37. The zero-order chi connectivity index (χ0) is 21.1. The molecule has 5 nitrogen and oxygen atoms in total. The number of halogens is 4. The fourth-order valence-corrected chi connectivity index (χ4v) is 4.40. The van der Waals surface area contributed by atoms with E-state index in [4.69, 9.17) is 11.5 Å². The van der Waals surface area contributed by atoms with Gasteiger partial charge in [0, 0.05) is 6.20 Å². The fourth-order valence-electron chi connectivity index (χ4n) is 4.03. The van der Waals surface area contributed by atoms with E-state index >= 15 is 0 Å². The molecule has 1 aliphatic carbocycles. The Labute approximate surface area is 177 Å². The summed E-state index contributed by atoms with van der Waals surface area (Å²) >= 11 is 3.51. The van der Waals surface area contributed by atoms with Crippen LogP contribution in [0.15, 0.2) is 39.9 Å². The minimum atomic E-state index is -4.41. The van der Waals surface area contributed by atoms with Crippen LogP contribution >= 0.6 is 15.9 Å².